The first-order valence-corrected chi connectivity index (χ1v) is 16.8. The van der Waals surface area contributed by atoms with Crippen molar-refractivity contribution in [1.82, 2.24) is 15.0 Å². The Labute approximate surface area is 279 Å². The summed E-state index contributed by atoms with van der Waals surface area (Å²) in [6.45, 7) is 0. The van der Waals surface area contributed by atoms with Crippen LogP contribution in [-0.4, -0.2) is 15.0 Å². The summed E-state index contributed by atoms with van der Waals surface area (Å²) in [7, 11) is 0. The molecule has 3 aromatic heterocycles. The second-order valence-corrected chi connectivity index (χ2v) is 13.1. The van der Waals surface area contributed by atoms with E-state index in [0.717, 1.165) is 60.5 Å². The molecule has 0 aliphatic heterocycles. The monoisotopic (exact) mass is 631 g/mol. The van der Waals surface area contributed by atoms with Gasteiger partial charge < -0.3 is 4.42 Å². The zero-order chi connectivity index (χ0) is 31.6. The Morgan fingerprint density at radius 1 is 0.417 bits per heavy atom. The molecule has 10 rings (SSSR count). The summed E-state index contributed by atoms with van der Waals surface area (Å²) >= 11 is 1.78. The number of hydrogen-bond acceptors (Lipinski definition) is 5. The molecule has 0 unspecified atom stereocenters. The maximum Gasteiger partial charge on any atom is 0.165 e. The Morgan fingerprint density at radius 3 is 1.88 bits per heavy atom. The van der Waals surface area contributed by atoms with Crippen LogP contribution in [0.2, 0.25) is 0 Å². The number of aromatic nitrogens is 3. The predicted molar refractivity (Wildman–Crippen MR) is 199 cm³/mol. The van der Waals surface area contributed by atoms with Crippen LogP contribution in [0.4, 0.5) is 0 Å². The van der Waals surface area contributed by atoms with E-state index in [1.165, 1.54) is 20.2 Å². The molecule has 10 aromatic rings. The molecule has 5 heteroatoms. The molecular weight excluding hydrogens is 607 g/mol. The van der Waals surface area contributed by atoms with E-state index in [2.05, 4.69) is 127 Å². The number of hydrogen-bond donors (Lipinski definition) is 0. The van der Waals surface area contributed by atoms with Crippen molar-refractivity contribution in [2.75, 3.05) is 0 Å². The average molecular weight is 632 g/mol. The Bertz CT molecular complexity index is 2840. The van der Waals surface area contributed by atoms with Gasteiger partial charge in [-0.3, -0.25) is 0 Å². The molecule has 0 saturated carbocycles. The summed E-state index contributed by atoms with van der Waals surface area (Å²) in [6.07, 6.45) is 0. The SMILES string of the molecule is c1ccc(-c2cc(-c3nc(-c4ccccc4)nc(-c4cccc5c4sc4ccccc45)n3)c3c(c2)oc2cc4ccccc4cc23)cc1. The number of rotatable bonds is 4. The van der Waals surface area contributed by atoms with Crippen LogP contribution in [0.3, 0.4) is 0 Å². The van der Waals surface area contributed by atoms with Crippen molar-refractivity contribution >= 4 is 64.2 Å². The topological polar surface area (TPSA) is 51.8 Å². The average Bonchev–Trinajstić information content (AvgIpc) is 3.72. The van der Waals surface area contributed by atoms with E-state index in [9.17, 15) is 0 Å². The molecule has 0 bridgehead atoms. The lowest BCUT2D eigenvalue weighted by Gasteiger charge is -2.11. The van der Waals surface area contributed by atoms with E-state index in [-0.39, 0.29) is 0 Å². The van der Waals surface area contributed by atoms with E-state index in [4.69, 9.17) is 19.4 Å². The molecule has 0 N–H and O–H groups in total. The Kier molecular flexibility index (Phi) is 6.01. The normalized spacial score (nSPS) is 11.8. The van der Waals surface area contributed by atoms with E-state index >= 15 is 0 Å². The van der Waals surface area contributed by atoms with Crippen LogP contribution in [0, 0.1) is 0 Å². The minimum absolute atomic E-state index is 0.607. The minimum atomic E-state index is 0.607. The molecule has 0 radical (unpaired) electrons. The molecule has 0 fully saturated rings. The van der Waals surface area contributed by atoms with Crippen molar-refractivity contribution in [3.8, 4) is 45.3 Å². The van der Waals surface area contributed by atoms with Crippen molar-refractivity contribution in [1.29, 1.82) is 0 Å². The van der Waals surface area contributed by atoms with Gasteiger partial charge in [-0.15, -0.1) is 11.3 Å². The van der Waals surface area contributed by atoms with Gasteiger partial charge in [0.05, 0.1) is 0 Å². The van der Waals surface area contributed by atoms with Crippen LogP contribution in [0.25, 0.3) is 98.2 Å². The molecule has 7 aromatic carbocycles. The molecule has 0 spiro atoms. The third-order valence-corrected chi connectivity index (χ3v) is 10.3. The van der Waals surface area contributed by atoms with Crippen molar-refractivity contribution < 1.29 is 4.42 Å². The smallest absolute Gasteiger partial charge is 0.165 e. The standard InChI is InChI=1S/C43H25N3OS/c1-3-12-26(13-4-1)30-23-35(39-34-22-28-16-7-8-17-29(28)24-36(34)47-37(39)25-30)43-45-41(27-14-5-2-6-15-27)44-42(46-43)33-20-11-19-32-31-18-9-10-21-38(31)48-40(32)33/h1-25H. The summed E-state index contributed by atoms with van der Waals surface area (Å²) in [4.78, 5) is 15.6. The molecule has 0 atom stereocenters. The molecule has 0 saturated heterocycles. The number of nitrogens with zero attached hydrogens (tertiary/aromatic N) is 3. The van der Waals surface area contributed by atoms with E-state index in [0.29, 0.717) is 17.5 Å². The van der Waals surface area contributed by atoms with Crippen LogP contribution in [0.15, 0.2) is 156 Å². The highest BCUT2D eigenvalue weighted by Crippen LogP contribution is 2.43. The summed E-state index contributed by atoms with van der Waals surface area (Å²) < 4.78 is 9.04. The fourth-order valence-electron chi connectivity index (χ4n) is 6.82. The first kappa shape index (κ1) is 27.0. The van der Waals surface area contributed by atoms with Gasteiger partial charge >= 0.3 is 0 Å². The first-order valence-electron chi connectivity index (χ1n) is 15.9. The van der Waals surface area contributed by atoms with Gasteiger partial charge in [-0.25, -0.2) is 15.0 Å². The van der Waals surface area contributed by atoms with Crippen LogP contribution >= 0.6 is 11.3 Å². The Morgan fingerprint density at radius 2 is 1.06 bits per heavy atom. The van der Waals surface area contributed by atoms with Crippen LogP contribution in [0.5, 0.6) is 0 Å². The van der Waals surface area contributed by atoms with Crippen molar-refractivity contribution in [3.63, 3.8) is 0 Å². The lowest BCUT2D eigenvalue weighted by Crippen LogP contribution is -2.00. The highest BCUT2D eigenvalue weighted by molar-refractivity contribution is 7.26. The predicted octanol–water partition coefficient (Wildman–Crippen LogP) is 12.0. The number of benzene rings is 7. The molecule has 0 aliphatic rings. The van der Waals surface area contributed by atoms with Gasteiger partial charge in [-0.1, -0.05) is 115 Å². The van der Waals surface area contributed by atoms with Gasteiger partial charge in [0, 0.05) is 47.6 Å². The summed E-state index contributed by atoms with van der Waals surface area (Å²) in [5.74, 6) is 1.88. The first-order chi connectivity index (χ1) is 23.8. The van der Waals surface area contributed by atoms with Gasteiger partial charge in [0.2, 0.25) is 0 Å². The Balaban J connectivity index is 1.31. The number of fused-ring (bicyclic) bond motifs is 7. The van der Waals surface area contributed by atoms with Crippen molar-refractivity contribution in [2.24, 2.45) is 0 Å². The zero-order valence-corrected chi connectivity index (χ0v) is 26.4. The molecule has 0 amide bonds. The van der Waals surface area contributed by atoms with Gasteiger partial charge in [-0.05, 0) is 58.3 Å². The van der Waals surface area contributed by atoms with E-state index < -0.39 is 0 Å². The molecular formula is C43H25N3OS. The van der Waals surface area contributed by atoms with E-state index in [1.54, 1.807) is 11.3 Å². The summed E-state index contributed by atoms with van der Waals surface area (Å²) in [5, 5.41) is 6.77. The second kappa shape index (κ2) is 10.7. The molecule has 224 valence electrons. The maximum absolute atomic E-state index is 6.64. The van der Waals surface area contributed by atoms with E-state index in [1.807, 2.05) is 24.3 Å². The summed E-state index contributed by atoms with van der Waals surface area (Å²) in [5.41, 5.74) is 6.60. The molecule has 3 heterocycles. The lowest BCUT2D eigenvalue weighted by atomic mass is 9.97. The maximum atomic E-state index is 6.64. The highest BCUT2D eigenvalue weighted by atomic mass is 32.1. The lowest BCUT2D eigenvalue weighted by molar-refractivity contribution is 0.669. The third-order valence-electron chi connectivity index (χ3n) is 9.10. The fraction of sp³-hybridized carbons (Fsp3) is 0. The largest absolute Gasteiger partial charge is 0.456 e. The third kappa shape index (κ3) is 4.33. The quantitative estimate of drug-likeness (QED) is 0.194. The van der Waals surface area contributed by atoms with Gasteiger partial charge in [0.1, 0.15) is 11.2 Å². The van der Waals surface area contributed by atoms with Crippen molar-refractivity contribution in [3.05, 3.63) is 152 Å². The molecule has 0 aliphatic carbocycles. The molecule has 48 heavy (non-hydrogen) atoms. The molecule has 4 nitrogen and oxygen atoms in total. The van der Waals surface area contributed by atoms with Crippen LogP contribution < -0.4 is 0 Å². The van der Waals surface area contributed by atoms with Gasteiger partial charge in [0.15, 0.2) is 17.5 Å². The van der Waals surface area contributed by atoms with Gasteiger partial charge in [0.25, 0.3) is 0 Å². The highest BCUT2D eigenvalue weighted by Gasteiger charge is 2.21. The minimum Gasteiger partial charge on any atom is -0.456 e. The van der Waals surface area contributed by atoms with Crippen LogP contribution in [-0.2, 0) is 0 Å². The van der Waals surface area contributed by atoms with Crippen LogP contribution in [0.1, 0.15) is 0 Å². The number of furan rings is 1. The number of thiophene rings is 1. The van der Waals surface area contributed by atoms with Crippen molar-refractivity contribution in [2.45, 2.75) is 0 Å². The summed E-state index contributed by atoms with van der Waals surface area (Å²) in [6, 6.07) is 52.6. The zero-order valence-electron chi connectivity index (χ0n) is 25.6. The Hall–Kier alpha value is -6.17. The fourth-order valence-corrected chi connectivity index (χ4v) is 8.03. The second-order valence-electron chi connectivity index (χ2n) is 12.0. The van der Waals surface area contributed by atoms with Gasteiger partial charge in [-0.2, -0.15) is 0 Å².